The third-order valence-corrected chi connectivity index (χ3v) is 6.16. The zero-order valence-electron chi connectivity index (χ0n) is 17.8. The van der Waals surface area contributed by atoms with Gasteiger partial charge in [-0.25, -0.2) is 4.39 Å². The molecule has 2 fully saturated rings. The quantitative estimate of drug-likeness (QED) is 0.609. The van der Waals surface area contributed by atoms with Crippen molar-refractivity contribution in [2.45, 2.75) is 37.5 Å². The summed E-state index contributed by atoms with van der Waals surface area (Å²) in [5, 5.41) is 30.6. The molecule has 3 heterocycles. The Hall–Kier alpha value is -3.33. The molecule has 0 spiro atoms. The van der Waals surface area contributed by atoms with Gasteiger partial charge in [-0.2, -0.15) is 5.10 Å². The Balaban J connectivity index is 1.27. The summed E-state index contributed by atoms with van der Waals surface area (Å²) in [6, 6.07) is 11.6. The minimum atomic E-state index is -0.641. The lowest BCUT2D eigenvalue weighted by atomic mass is 9.90. The lowest BCUT2D eigenvalue weighted by molar-refractivity contribution is 0.148. The summed E-state index contributed by atoms with van der Waals surface area (Å²) in [5.74, 6) is 1.32. The Morgan fingerprint density at radius 1 is 1.06 bits per heavy atom. The van der Waals surface area contributed by atoms with Crippen LogP contribution in [-0.4, -0.2) is 64.0 Å². The number of methoxy groups -OCH3 is 1. The van der Waals surface area contributed by atoms with E-state index in [1.807, 2.05) is 24.3 Å². The van der Waals surface area contributed by atoms with Crippen molar-refractivity contribution in [3.05, 3.63) is 42.6 Å². The monoisotopic (exact) mass is 436 g/mol. The van der Waals surface area contributed by atoms with Gasteiger partial charge in [-0.1, -0.05) is 6.07 Å². The molecule has 2 N–H and O–H groups in total. The number of nitrogens with one attached hydrogen (secondary N) is 1. The van der Waals surface area contributed by atoms with Crippen LogP contribution in [0.2, 0.25) is 0 Å². The van der Waals surface area contributed by atoms with Crippen molar-refractivity contribution >= 4 is 5.82 Å². The smallest absolute Gasteiger partial charge is 0.233 e. The maximum Gasteiger partial charge on any atom is 0.233 e. The van der Waals surface area contributed by atoms with Crippen LogP contribution in [0.1, 0.15) is 19.3 Å². The fourth-order valence-corrected chi connectivity index (χ4v) is 4.29. The van der Waals surface area contributed by atoms with Gasteiger partial charge in [0.2, 0.25) is 5.88 Å². The third kappa shape index (κ3) is 4.20. The fourth-order valence-electron chi connectivity index (χ4n) is 4.29. The van der Waals surface area contributed by atoms with Crippen LogP contribution in [0.5, 0.6) is 11.6 Å². The molecule has 1 saturated heterocycles. The average molecular weight is 436 g/mol. The van der Waals surface area contributed by atoms with Crippen molar-refractivity contribution in [1.29, 1.82) is 0 Å². The van der Waals surface area contributed by atoms with Crippen molar-refractivity contribution in [2.24, 2.45) is 0 Å². The van der Waals surface area contributed by atoms with Crippen molar-refractivity contribution in [3.63, 3.8) is 0 Å². The minimum Gasteiger partial charge on any atom is -0.507 e. The van der Waals surface area contributed by atoms with Gasteiger partial charge in [0, 0.05) is 42.4 Å². The van der Waals surface area contributed by atoms with Crippen LogP contribution in [0, 0.1) is 0 Å². The molecular formula is C23H25FN6O2. The molecular weight excluding hydrogens is 411 g/mol. The van der Waals surface area contributed by atoms with Crippen LogP contribution < -0.4 is 15.0 Å². The number of hydrogen-bond donors (Lipinski definition) is 2. The molecule has 2 aliphatic rings. The van der Waals surface area contributed by atoms with Gasteiger partial charge in [-0.3, -0.25) is 0 Å². The second-order valence-electron chi connectivity index (χ2n) is 8.36. The highest BCUT2D eigenvalue weighted by Crippen LogP contribution is 2.33. The Morgan fingerprint density at radius 3 is 2.66 bits per heavy atom. The van der Waals surface area contributed by atoms with Crippen molar-refractivity contribution in [3.8, 4) is 34.0 Å². The number of hydrogen-bond acceptors (Lipinski definition) is 8. The molecule has 5 rings (SSSR count). The molecule has 166 valence electrons. The predicted molar refractivity (Wildman–Crippen MR) is 118 cm³/mol. The molecule has 1 aliphatic heterocycles. The summed E-state index contributed by atoms with van der Waals surface area (Å²) in [4.78, 5) is 2.19. The molecule has 9 heteroatoms. The fraction of sp³-hybridized carbons (Fsp3) is 0.391. The largest absolute Gasteiger partial charge is 0.507 e. The van der Waals surface area contributed by atoms with Crippen LogP contribution >= 0.6 is 0 Å². The van der Waals surface area contributed by atoms with Gasteiger partial charge in [0.15, 0.2) is 5.82 Å². The molecule has 3 aromatic rings. The molecule has 1 aliphatic carbocycles. The summed E-state index contributed by atoms with van der Waals surface area (Å²) in [6.07, 6.45) is 3.23. The first-order valence-corrected chi connectivity index (χ1v) is 10.8. The number of benzene rings is 1. The number of halogens is 1. The van der Waals surface area contributed by atoms with Crippen LogP contribution in [0.4, 0.5) is 10.2 Å². The summed E-state index contributed by atoms with van der Waals surface area (Å²) in [7, 11) is 1.53. The Labute approximate surface area is 185 Å². The van der Waals surface area contributed by atoms with Crippen molar-refractivity contribution in [1.82, 2.24) is 25.7 Å². The molecule has 1 atom stereocenters. The van der Waals surface area contributed by atoms with Crippen molar-refractivity contribution < 1.29 is 14.2 Å². The van der Waals surface area contributed by atoms with Gasteiger partial charge in [-0.15, -0.1) is 15.3 Å². The average Bonchev–Trinajstić information content (AvgIpc) is 3.27. The van der Waals surface area contributed by atoms with E-state index in [4.69, 9.17) is 4.74 Å². The number of aromatic nitrogens is 4. The zero-order valence-corrected chi connectivity index (χ0v) is 17.8. The second-order valence-corrected chi connectivity index (χ2v) is 8.36. The maximum absolute atomic E-state index is 13.0. The normalized spacial score (nSPS) is 22.6. The van der Waals surface area contributed by atoms with Crippen LogP contribution in [0.25, 0.3) is 22.4 Å². The highest BCUT2D eigenvalue weighted by Gasteiger charge is 2.33. The first-order chi connectivity index (χ1) is 15.6. The van der Waals surface area contributed by atoms with E-state index in [1.54, 1.807) is 18.3 Å². The Morgan fingerprint density at radius 2 is 1.94 bits per heavy atom. The van der Waals surface area contributed by atoms with Crippen molar-refractivity contribution in [2.75, 3.05) is 25.1 Å². The molecule has 0 bridgehead atoms. The van der Waals surface area contributed by atoms with E-state index >= 15 is 0 Å². The Bertz CT molecular complexity index is 1090. The maximum atomic E-state index is 13.0. The molecule has 32 heavy (non-hydrogen) atoms. The molecule has 1 saturated carbocycles. The number of phenols is 1. The lowest BCUT2D eigenvalue weighted by Crippen LogP contribution is -2.48. The van der Waals surface area contributed by atoms with E-state index in [0.717, 1.165) is 36.5 Å². The molecule has 0 amide bonds. The van der Waals surface area contributed by atoms with Gasteiger partial charge in [0.1, 0.15) is 11.9 Å². The lowest BCUT2D eigenvalue weighted by Gasteiger charge is -2.33. The van der Waals surface area contributed by atoms with Gasteiger partial charge < -0.3 is 20.1 Å². The standard InChI is InChI=1S/C23H25FN6O2/c1-32-23-9-15(12-25-29-23)14-2-3-19(21(31)8-14)20-4-5-22(28-27-20)30-7-6-17(13-30)26-18-10-16(24)11-18/h2-5,8-9,12,16-18,26,31H,6-7,10-11,13H2,1H3/t16-,17-,18+/m1/s1. The molecule has 8 nitrogen and oxygen atoms in total. The molecule has 2 aromatic heterocycles. The predicted octanol–water partition coefficient (Wildman–Crippen LogP) is 2.98. The van der Waals surface area contributed by atoms with Gasteiger partial charge in [-0.05, 0) is 49.1 Å². The third-order valence-electron chi connectivity index (χ3n) is 6.16. The first kappa shape index (κ1) is 20.6. The summed E-state index contributed by atoms with van der Waals surface area (Å²) >= 11 is 0. The molecule has 0 unspecified atom stereocenters. The number of anilines is 1. The zero-order chi connectivity index (χ0) is 22.1. The van der Waals surface area contributed by atoms with E-state index in [-0.39, 0.29) is 5.75 Å². The van der Waals surface area contributed by atoms with E-state index < -0.39 is 6.17 Å². The number of nitrogens with zero attached hydrogens (tertiary/aromatic N) is 5. The Kier molecular flexibility index (Phi) is 5.57. The number of ether oxygens (including phenoxy) is 1. The minimum absolute atomic E-state index is 0.109. The van der Waals surface area contributed by atoms with Crippen LogP contribution in [0.3, 0.4) is 0 Å². The van der Waals surface area contributed by atoms with Gasteiger partial charge in [0.25, 0.3) is 0 Å². The van der Waals surface area contributed by atoms with E-state index in [9.17, 15) is 9.50 Å². The summed E-state index contributed by atoms with van der Waals surface area (Å²) < 4.78 is 18.1. The van der Waals surface area contributed by atoms with Crippen LogP contribution in [-0.2, 0) is 0 Å². The second kappa shape index (κ2) is 8.66. The summed E-state index contributed by atoms with van der Waals surface area (Å²) in [6.45, 7) is 1.73. The van der Waals surface area contributed by atoms with Gasteiger partial charge in [0.05, 0.1) is 19.0 Å². The van der Waals surface area contributed by atoms with E-state index in [0.29, 0.717) is 42.1 Å². The van der Waals surface area contributed by atoms with E-state index in [2.05, 4.69) is 30.6 Å². The number of phenolic OH excluding ortho intramolecular Hbond substituents is 1. The van der Waals surface area contributed by atoms with Gasteiger partial charge >= 0.3 is 0 Å². The summed E-state index contributed by atoms with van der Waals surface area (Å²) in [5.41, 5.74) is 2.79. The molecule has 0 radical (unpaired) electrons. The highest BCUT2D eigenvalue weighted by molar-refractivity contribution is 5.74. The van der Waals surface area contributed by atoms with Crippen LogP contribution in [0.15, 0.2) is 42.6 Å². The first-order valence-electron chi connectivity index (χ1n) is 10.8. The number of alkyl halides is 1. The topological polar surface area (TPSA) is 96.3 Å². The SMILES string of the molecule is COc1cc(-c2ccc(-c3ccc(N4CC[C@@H](N[C@H]5C[C@@H](F)C5)C4)nn3)c(O)c2)cnn1. The number of aromatic hydroxyl groups is 1. The highest BCUT2D eigenvalue weighted by atomic mass is 19.1. The van der Waals surface area contributed by atoms with E-state index in [1.165, 1.54) is 7.11 Å². The number of rotatable bonds is 6. The molecule has 1 aromatic carbocycles.